The molecule has 1 unspecified atom stereocenters. The van der Waals surface area contributed by atoms with Gasteiger partial charge in [0.2, 0.25) is 0 Å². The monoisotopic (exact) mass is 364 g/mol. The second-order valence-electron chi connectivity index (χ2n) is 3.11. The van der Waals surface area contributed by atoms with Gasteiger partial charge in [0.1, 0.15) is 0 Å². The molecule has 0 spiro atoms. The minimum atomic E-state index is 0.545. The Labute approximate surface area is 113 Å². The van der Waals surface area contributed by atoms with Crippen LogP contribution in [0.15, 0.2) is 30.6 Å². The highest BCUT2D eigenvalue weighted by molar-refractivity contribution is 14.2. The topological polar surface area (TPSA) is 34.9 Å². The van der Waals surface area contributed by atoms with Crippen LogP contribution in [-0.4, -0.2) is 15.8 Å². The molecule has 2 rings (SSSR count). The summed E-state index contributed by atoms with van der Waals surface area (Å²) < 4.78 is 1.82. The number of rotatable bonds is 3. The van der Waals surface area contributed by atoms with E-state index in [0.717, 1.165) is 17.4 Å². The minimum Gasteiger partial charge on any atom is -0.298 e. The van der Waals surface area contributed by atoms with Gasteiger partial charge in [0, 0.05) is 22.3 Å². The molecule has 0 N–H and O–H groups in total. The predicted molar refractivity (Wildman–Crippen MR) is 75.8 cm³/mol. The Kier molecular flexibility index (Phi) is 3.95. The zero-order valence-electron chi connectivity index (χ0n) is 8.02. The molecule has 82 valence electrons. The molecule has 16 heavy (non-hydrogen) atoms. The van der Waals surface area contributed by atoms with Crippen LogP contribution in [0.2, 0.25) is 5.02 Å². The fraction of sp³-hybridized carbons (Fsp3) is 0. The second-order valence-corrected chi connectivity index (χ2v) is 5.62. The summed E-state index contributed by atoms with van der Waals surface area (Å²) in [6, 6.07) is 5.20. The van der Waals surface area contributed by atoms with Gasteiger partial charge in [-0.2, -0.15) is 5.10 Å². The summed E-state index contributed by atoms with van der Waals surface area (Å²) in [7, 11) is 0. The summed E-state index contributed by atoms with van der Waals surface area (Å²) in [5.74, 6) is 0. The molecular formula is C10H7ClIN2OP. The Morgan fingerprint density at radius 3 is 2.94 bits per heavy atom. The fourth-order valence-electron chi connectivity index (χ4n) is 1.39. The van der Waals surface area contributed by atoms with Gasteiger partial charge in [0.25, 0.3) is 0 Å². The van der Waals surface area contributed by atoms with Crippen molar-refractivity contribution in [3.05, 3.63) is 41.2 Å². The maximum atomic E-state index is 10.9. The first-order valence-electron chi connectivity index (χ1n) is 4.41. The highest BCUT2D eigenvalue weighted by Gasteiger charge is 2.07. The lowest BCUT2D eigenvalue weighted by molar-refractivity contribution is 0.112. The molecule has 1 aromatic heterocycles. The van der Waals surface area contributed by atoms with Crippen molar-refractivity contribution in [1.82, 2.24) is 9.55 Å². The summed E-state index contributed by atoms with van der Waals surface area (Å²) in [5, 5.41) is 4.79. The molecule has 0 saturated carbocycles. The third kappa shape index (κ3) is 2.44. The number of halogens is 2. The molecule has 0 radical (unpaired) electrons. The van der Waals surface area contributed by atoms with Crippen LogP contribution in [0, 0.1) is 0 Å². The Hall–Kier alpha value is -0.450. The zero-order valence-corrected chi connectivity index (χ0v) is 11.9. The van der Waals surface area contributed by atoms with Crippen LogP contribution in [0.4, 0.5) is 0 Å². The molecule has 0 aliphatic carbocycles. The van der Waals surface area contributed by atoms with Gasteiger partial charge in [-0.25, -0.2) is 4.45 Å². The smallest absolute Gasteiger partial charge is 0.150 e. The van der Waals surface area contributed by atoms with Crippen LogP contribution >= 0.6 is 40.0 Å². The first-order chi connectivity index (χ1) is 7.74. The highest BCUT2D eigenvalue weighted by atomic mass is 127. The molecule has 0 bridgehead atoms. The molecule has 0 fully saturated rings. The summed E-state index contributed by atoms with van der Waals surface area (Å²) in [6.07, 6.45) is 5.02. The lowest BCUT2D eigenvalue weighted by atomic mass is 10.0. The first kappa shape index (κ1) is 12.0. The van der Waals surface area contributed by atoms with E-state index >= 15 is 0 Å². The largest absolute Gasteiger partial charge is 0.298 e. The molecule has 0 aliphatic heterocycles. The van der Waals surface area contributed by atoms with Gasteiger partial charge in [-0.3, -0.25) is 4.79 Å². The lowest BCUT2D eigenvalue weighted by Crippen LogP contribution is -1.86. The van der Waals surface area contributed by atoms with E-state index in [4.69, 9.17) is 11.6 Å². The van der Waals surface area contributed by atoms with Gasteiger partial charge < -0.3 is 0 Å². The number of aromatic nitrogens is 2. The molecule has 2 aromatic rings. The van der Waals surface area contributed by atoms with Crippen molar-refractivity contribution in [2.24, 2.45) is 0 Å². The summed E-state index contributed by atoms with van der Waals surface area (Å²) in [4.78, 5) is 10.9. The third-order valence-electron chi connectivity index (χ3n) is 2.12. The summed E-state index contributed by atoms with van der Waals surface area (Å²) >= 11 is 8.16. The van der Waals surface area contributed by atoms with Crippen molar-refractivity contribution >= 4 is 46.3 Å². The van der Waals surface area contributed by atoms with Gasteiger partial charge in [-0.1, -0.05) is 11.6 Å². The van der Waals surface area contributed by atoms with Crippen LogP contribution in [0.3, 0.4) is 0 Å². The van der Waals surface area contributed by atoms with Crippen molar-refractivity contribution < 1.29 is 4.79 Å². The standard InChI is InChI=1S/C10H7ClIN2OP/c11-9-2-1-7(6-15)10(3-9)8-4-13-14(5-8)16-12/h1-6,16H. The van der Waals surface area contributed by atoms with Crippen molar-refractivity contribution in [3.63, 3.8) is 0 Å². The van der Waals surface area contributed by atoms with Gasteiger partial charge in [-0.05, 0) is 45.8 Å². The van der Waals surface area contributed by atoms with Crippen molar-refractivity contribution in [2.45, 2.75) is 0 Å². The van der Waals surface area contributed by atoms with Crippen LogP contribution in [0.1, 0.15) is 10.4 Å². The number of hydrogen-bond acceptors (Lipinski definition) is 2. The van der Waals surface area contributed by atoms with Crippen molar-refractivity contribution in [3.8, 4) is 11.1 Å². The Morgan fingerprint density at radius 2 is 2.31 bits per heavy atom. The van der Waals surface area contributed by atoms with E-state index in [1.807, 2.05) is 10.6 Å². The van der Waals surface area contributed by atoms with E-state index in [-0.39, 0.29) is 0 Å². The SMILES string of the molecule is O=Cc1ccc(Cl)cc1-c1cnn(PI)c1. The Bertz CT molecular complexity index is 529. The van der Waals surface area contributed by atoms with Gasteiger partial charge >= 0.3 is 0 Å². The van der Waals surface area contributed by atoms with E-state index in [2.05, 4.69) is 27.1 Å². The Morgan fingerprint density at radius 1 is 1.50 bits per heavy atom. The van der Waals surface area contributed by atoms with Gasteiger partial charge in [0.05, 0.1) is 12.6 Å². The minimum absolute atomic E-state index is 0.545. The fourth-order valence-corrected chi connectivity index (χ4v) is 2.64. The average Bonchev–Trinajstić information content (AvgIpc) is 2.77. The number of carbonyl (C=O) groups excluding carboxylic acids is 1. The van der Waals surface area contributed by atoms with Gasteiger partial charge in [0.15, 0.2) is 6.29 Å². The van der Waals surface area contributed by atoms with Crippen LogP contribution in [0.25, 0.3) is 11.1 Å². The number of benzene rings is 1. The highest BCUT2D eigenvalue weighted by Crippen LogP contribution is 2.29. The molecule has 0 aliphatic rings. The maximum absolute atomic E-state index is 10.9. The van der Waals surface area contributed by atoms with E-state index in [1.165, 1.54) is 0 Å². The quantitative estimate of drug-likeness (QED) is 0.472. The molecule has 0 saturated heterocycles. The van der Waals surface area contributed by atoms with Gasteiger partial charge in [-0.15, -0.1) is 0 Å². The van der Waals surface area contributed by atoms with E-state index in [0.29, 0.717) is 17.0 Å². The van der Waals surface area contributed by atoms with Crippen LogP contribution in [0.5, 0.6) is 0 Å². The molecule has 3 nitrogen and oxygen atoms in total. The summed E-state index contributed by atoms with van der Waals surface area (Å²) in [5.41, 5.74) is 2.36. The predicted octanol–water partition coefficient (Wildman–Crippen LogP) is 3.81. The number of hydrogen-bond donors (Lipinski definition) is 0. The van der Waals surface area contributed by atoms with Crippen molar-refractivity contribution in [1.29, 1.82) is 0 Å². The van der Waals surface area contributed by atoms with E-state index in [1.54, 1.807) is 24.4 Å². The molecule has 1 atom stereocenters. The van der Waals surface area contributed by atoms with E-state index in [9.17, 15) is 4.79 Å². The third-order valence-corrected chi connectivity index (χ3v) is 4.26. The lowest BCUT2D eigenvalue weighted by Gasteiger charge is -2.02. The second kappa shape index (κ2) is 5.25. The molecule has 1 heterocycles. The molecule has 6 heteroatoms. The average molecular weight is 365 g/mol. The number of aldehydes is 1. The van der Waals surface area contributed by atoms with Crippen LogP contribution in [-0.2, 0) is 0 Å². The number of carbonyl (C=O) groups is 1. The first-order valence-corrected chi connectivity index (χ1v) is 8.85. The molecule has 1 aromatic carbocycles. The molecule has 0 amide bonds. The zero-order chi connectivity index (χ0) is 11.5. The molecular weight excluding hydrogens is 357 g/mol. The maximum Gasteiger partial charge on any atom is 0.150 e. The van der Waals surface area contributed by atoms with Crippen LogP contribution < -0.4 is 0 Å². The Balaban J connectivity index is 2.53. The normalized spacial score (nSPS) is 11.1. The van der Waals surface area contributed by atoms with E-state index < -0.39 is 0 Å². The van der Waals surface area contributed by atoms with Crippen molar-refractivity contribution in [2.75, 3.05) is 0 Å². The summed E-state index contributed by atoms with van der Waals surface area (Å²) in [6.45, 7) is 0. The number of nitrogens with zero attached hydrogens (tertiary/aromatic N) is 2.